The van der Waals surface area contributed by atoms with Crippen molar-refractivity contribution in [3.05, 3.63) is 70.5 Å². The summed E-state index contributed by atoms with van der Waals surface area (Å²) >= 11 is 0. The van der Waals surface area contributed by atoms with Gasteiger partial charge in [-0.2, -0.15) is 0 Å². The number of benzene rings is 2. The van der Waals surface area contributed by atoms with Crippen LogP contribution in [0.2, 0.25) is 0 Å². The first kappa shape index (κ1) is 15.6. The molecule has 0 aliphatic heterocycles. The van der Waals surface area contributed by atoms with Gasteiger partial charge < -0.3 is 5.11 Å². The molecule has 112 valence electrons. The average Bonchev–Trinajstić information content (AvgIpc) is 2.49. The van der Waals surface area contributed by atoms with Gasteiger partial charge in [-0.05, 0) is 36.8 Å². The fourth-order valence-electron chi connectivity index (χ4n) is 2.11. The lowest BCUT2D eigenvalue weighted by molar-refractivity contribution is 0.0691. The van der Waals surface area contributed by atoms with Gasteiger partial charge in [0.1, 0.15) is 5.82 Å². The van der Waals surface area contributed by atoms with Crippen LogP contribution in [0.5, 0.6) is 0 Å². The van der Waals surface area contributed by atoms with E-state index in [-0.39, 0.29) is 28.9 Å². The van der Waals surface area contributed by atoms with Crippen molar-refractivity contribution in [2.45, 2.75) is 13.3 Å². The number of carbonyl (C=O) groups excluding carboxylic acids is 2. The van der Waals surface area contributed by atoms with E-state index in [4.69, 9.17) is 5.11 Å². The molecule has 0 aliphatic rings. The molecule has 0 amide bonds. The van der Waals surface area contributed by atoms with E-state index < -0.39 is 17.6 Å². The topological polar surface area (TPSA) is 71.4 Å². The Morgan fingerprint density at radius 1 is 1.05 bits per heavy atom. The van der Waals surface area contributed by atoms with Crippen LogP contribution in [-0.4, -0.2) is 22.6 Å². The predicted octanol–water partition coefficient (Wildman–Crippen LogP) is 3.15. The minimum atomic E-state index is -1.22. The van der Waals surface area contributed by atoms with Crippen LogP contribution in [0.1, 0.15) is 43.6 Å². The van der Waals surface area contributed by atoms with Crippen LogP contribution in [0, 0.1) is 5.82 Å². The third kappa shape index (κ3) is 3.25. The van der Waals surface area contributed by atoms with Crippen LogP contribution in [0.15, 0.2) is 42.5 Å². The molecule has 2 aromatic carbocycles. The van der Waals surface area contributed by atoms with Crippen LogP contribution in [-0.2, 0) is 6.42 Å². The zero-order valence-electron chi connectivity index (χ0n) is 11.8. The molecule has 0 spiro atoms. The number of carboxylic acid groups (broad SMARTS) is 1. The van der Waals surface area contributed by atoms with E-state index >= 15 is 0 Å². The summed E-state index contributed by atoms with van der Waals surface area (Å²) in [5, 5.41) is 9.08. The molecule has 1 N–H and O–H groups in total. The molecule has 0 bridgehead atoms. The van der Waals surface area contributed by atoms with Crippen molar-refractivity contribution in [2.75, 3.05) is 0 Å². The van der Waals surface area contributed by atoms with Gasteiger partial charge in [0.05, 0.1) is 5.56 Å². The predicted molar refractivity (Wildman–Crippen MR) is 77.8 cm³/mol. The summed E-state index contributed by atoms with van der Waals surface area (Å²) in [6, 6.07) is 9.55. The first-order valence-electron chi connectivity index (χ1n) is 6.55. The van der Waals surface area contributed by atoms with Crippen LogP contribution < -0.4 is 0 Å². The lowest BCUT2D eigenvalue weighted by atomic mass is 9.97. The average molecular weight is 300 g/mol. The Morgan fingerprint density at radius 3 is 2.27 bits per heavy atom. The third-order valence-corrected chi connectivity index (χ3v) is 3.26. The van der Waals surface area contributed by atoms with Gasteiger partial charge in [-0.25, -0.2) is 9.18 Å². The molecule has 0 aromatic heterocycles. The second-order valence-corrected chi connectivity index (χ2v) is 4.81. The van der Waals surface area contributed by atoms with Crippen molar-refractivity contribution in [3.63, 3.8) is 0 Å². The molecule has 0 aliphatic carbocycles. The highest BCUT2D eigenvalue weighted by Crippen LogP contribution is 2.17. The number of ketones is 2. The van der Waals surface area contributed by atoms with Gasteiger partial charge in [-0.3, -0.25) is 9.59 Å². The van der Waals surface area contributed by atoms with Crippen molar-refractivity contribution < 1.29 is 23.9 Å². The van der Waals surface area contributed by atoms with Crippen LogP contribution in [0.3, 0.4) is 0 Å². The summed E-state index contributed by atoms with van der Waals surface area (Å²) in [4.78, 5) is 34.7. The Bertz CT molecular complexity index is 765. The van der Waals surface area contributed by atoms with Gasteiger partial charge in [-0.1, -0.05) is 18.2 Å². The molecule has 0 saturated heterocycles. The van der Waals surface area contributed by atoms with Gasteiger partial charge in [-0.15, -0.1) is 0 Å². The fourth-order valence-corrected chi connectivity index (χ4v) is 2.11. The molecule has 4 nitrogen and oxygen atoms in total. The van der Waals surface area contributed by atoms with E-state index in [0.29, 0.717) is 5.56 Å². The second-order valence-electron chi connectivity index (χ2n) is 4.81. The smallest absolute Gasteiger partial charge is 0.336 e. The number of carbonyl (C=O) groups is 3. The highest BCUT2D eigenvalue weighted by molar-refractivity contribution is 6.06. The molecule has 0 atom stereocenters. The van der Waals surface area contributed by atoms with Crippen molar-refractivity contribution in [1.29, 1.82) is 0 Å². The van der Waals surface area contributed by atoms with E-state index in [0.717, 1.165) is 6.07 Å². The minimum absolute atomic E-state index is 0.0163. The van der Waals surface area contributed by atoms with Gasteiger partial charge >= 0.3 is 5.97 Å². The number of halogens is 1. The highest BCUT2D eigenvalue weighted by Gasteiger charge is 2.18. The quantitative estimate of drug-likeness (QED) is 0.861. The molecule has 0 heterocycles. The summed E-state index contributed by atoms with van der Waals surface area (Å²) in [5.41, 5.74) is 0.256. The van der Waals surface area contributed by atoms with Gasteiger partial charge in [0.25, 0.3) is 0 Å². The molecular weight excluding hydrogens is 287 g/mol. The Morgan fingerprint density at radius 2 is 1.68 bits per heavy atom. The van der Waals surface area contributed by atoms with Crippen LogP contribution in [0.4, 0.5) is 4.39 Å². The molecular formula is C17H13FO4. The zero-order chi connectivity index (χ0) is 16.3. The van der Waals surface area contributed by atoms with Gasteiger partial charge in [0.15, 0.2) is 11.6 Å². The molecule has 0 radical (unpaired) electrons. The largest absolute Gasteiger partial charge is 0.478 e. The van der Waals surface area contributed by atoms with E-state index in [2.05, 4.69) is 0 Å². The highest BCUT2D eigenvalue weighted by atomic mass is 19.1. The molecule has 0 fully saturated rings. The molecule has 0 unspecified atom stereocenters. The first-order chi connectivity index (χ1) is 10.4. The minimum Gasteiger partial charge on any atom is -0.478 e. The van der Waals surface area contributed by atoms with E-state index in [9.17, 15) is 18.8 Å². The lowest BCUT2D eigenvalue weighted by Crippen LogP contribution is -2.12. The SMILES string of the molecule is CC(=O)c1ccc(F)c(CC(=O)c2ccccc2C(=O)O)c1. The number of aromatic carboxylic acids is 1. The summed E-state index contributed by atoms with van der Waals surface area (Å²) in [5.74, 6) is -2.58. The molecule has 22 heavy (non-hydrogen) atoms. The van der Waals surface area contributed by atoms with Gasteiger partial charge in [0.2, 0.25) is 0 Å². The van der Waals surface area contributed by atoms with E-state index in [1.807, 2.05) is 0 Å². The summed E-state index contributed by atoms with van der Waals surface area (Å²) in [6.45, 7) is 1.35. The number of rotatable bonds is 5. The van der Waals surface area contributed by atoms with Gasteiger partial charge in [0, 0.05) is 17.5 Å². The Kier molecular flexibility index (Phi) is 4.46. The Hall–Kier alpha value is -2.82. The molecule has 2 aromatic rings. The summed E-state index contributed by atoms with van der Waals surface area (Å²) < 4.78 is 13.8. The number of Topliss-reactive ketones (excluding diaryl/α,β-unsaturated/α-hetero) is 2. The molecule has 2 rings (SSSR count). The second kappa shape index (κ2) is 6.30. The van der Waals surface area contributed by atoms with E-state index in [1.54, 1.807) is 6.07 Å². The van der Waals surface area contributed by atoms with Crippen LogP contribution >= 0.6 is 0 Å². The van der Waals surface area contributed by atoms with Crippen LogP contribution in [0.25, 0.3) is 0 Å². The zero-order valence-corrected chi connectivity index (χ0v) is 11.8. The fraction of sp³-hybridized carbons (Fsp3) is 0.118. The standard InChI is InChI=1S/C17H13FO4/c1-10(19)11-6-7-15(18)12(8-11)9-16(20)13-4-2-3-5-14(13)17(21)22/h2-8H,9H2,1H3,(H,21,22). The van der Waals surface area contributed by atoms with E-state index in [1.165, 1.54) is 37.3 Å². The summed E-state index contributed by atoms with van der Waals surface area (Å²) in [7, 11) is 0. The van der Waals surface area contributed by atoms with Crippen molar-refractivity contribution in [2.24, 2.45) is 0 Å². The molecule has 0 saturated carbocycles. The Labute approximate surface area is 126 Å². The van der Waals surface area contributed by atoms with Crippen molar-refractivity contribution >= 4 is 17.5 Å². The first-order valence-corrected chi connectivity index (χ1v) is 6.55. The lowest BCUT2D eigenvalue weighted by Gasteiger charge is -2.07. The molecule has 5 heteroatoms. The Balaban J connectivity index is 2.36. The summed E-state index contributed by atoms with van der Waals surface area (Å²) in [6.07, 6.45) is -0.308. The maximum Gasteiger partial charge on any atom is 0.336 e. The third-order valence-electron chi connectivity index (χ3n) is 3.26. The monoisotopic (exact) mass is 300 g/mol. The number of hydrogen-bond acceptors (Lipinski definition) is 3. The maximum absolute atomic E-state index is 13.8. The number of hydrogen-bond donors (Lipinski definition) is 1. The van der Waals surface area contributed by atoms with Crippen molar-refractivity contribution in [3.8, 4) is 0 Å². The van der Waals surface area contributed by atoms with Crippen molar-refractivity contribution in [1.82, 2.24) is 0 Å². The maximum atomic E-state index is 13.8. The number of carboxylic acids is 1. The normalized spacial score (nSPS) is 10.3.